The van der Waals surface area contributed by atoms with Gasteiger partial charge in [-0.25, -0.2) is 9.78 Å². The first-order chi connectivity index (χ1) is 11.6. The van der Waals surface area contributed by atoms with Crippen LogP contribution in [0.1, 0.15) is 21.5 Å². The van der Waals surface area contributed by atoms with Gasteiger partial charge in [0, 0.05) is 23.4 Å². The second-order valence-electron chi connectivity index (χ2n) is 5.81. The number of fused-ring (bicyclic) bond motifs is 2. The van der Waals surface area contributed by atoms with E-state index in [4.69, 9.17) is 4.42 Å². The number of aryl methyl sites for hydroxylation is 1. The van der Waals surface area contributed by atoms with Crippen LogP contribution in [0.25, 0.3) is 22.0 Å². The molecule has 0 unspecified atom stereocenters. The average molecular weight is 318 g/mol. The van der Waals surface area contributed by atoms with Crippen molar-refractivity contribution in [3.8, 4) is 0 Å². The summed E-state index contributed by atoms with van der Waals surface area (Å²) in [5, 5.41) is 0.838. The Bertz CT molecular complexity index is 1140. The molecule has 4 aromatic rings. The van der Waals surface area contributed by atoms with Gasteiger partial charge in [-0.1, -0.05) is 18.2 Å². The number of Topliss-reactive ketones (excluding diaryl/α,β-unsaturated/α-hetero) is 1. The van der Waals surface area contributed by atoms with Crippen molar-refractivity contribution in [3.05, 3.63) is 75.9 Å². The molecule has 24 heavy (non-hydrogen) atoms. The molecule has 1 N–H and O–H groups in total. The van der Waals surface area contributed by atoms with Crippen LogP contribution in [-0.4, -0.2) is 15.8 Å². The normalized spacial score (nSPS) is 11.2. The molecule has 0 amide bonds. The molecule has 0 saturated heterocycles. The van der Waals surface area contributed by atoms with E-state index < -0.39 is 5.63 Å². The van der Waals surface area contributed by atoms with Crippen LogP contribution < -0.4 is 5.63 Å². The second kappa shape index (κ2) is 5.45. The molecule has 0 spiro atoms. The van der Waals surface area contributed by atoms with Crippen LogP contribution in [0.5, 0.6) is 0 Å². The van der Waals surface area contributed by atoms with Crippen molar-refractivity contribution in [1.29, 1.82) is 0 Å². The Labute approximate surface area is 137 Å². The molecule has 2 heterocycles. The number of benzene rings is 2. The largest absolute Gasteiger partial charge is 0.423 e. The van der Waals surface area contributed by atoms with Crippen molar-refractivity contribution in [2.75, 3.05) is 0 Å². The average Bonchev–Trinajstić information content (AvgIpc) is 3.01. The number of aromatic amines is 1. The maximum atomic E-state index is 12.6. The smallest absolute Gasteiger partial charge is 0.336 e. The number of carbonyl (C=O) groups is 1. The van der Waals surface area contributed by atoms with Crippen molar-refractivity contribution >= 4 is 27.8 Å². The molecule has 0 bridgehead atoms. The Morgan fingerprint density at radius 2 is 2.04 bits per heavy atom. The van der Waals surface area contributed by atoms with Crippen molar-refractivity contribution in [2.45, 2.75) is 13.3 Å². The minimum Gasteiger partial charge on any atom is -0.423 e. The van der Waals surface area contributed by atoms with Gasteiger partial charge in [-0.3, -0.25) is 4.79 Å². The molecule has 2 aromatic carbocycles. The van der Waals surface area contributed by atoms with Gasteiger partial charge in [0.2, 0.25) is 0 Å². The number of imidazole rings is 1. The van der Waals surface area contributed by atoms with E-state index in [1.54, 1.807) is 18.5 Å². The lowest BCUT2D eigenvalue weighted by molar-refractivity contribution is 0.0993. The molecule has 0 saturated carbocycles. The number of hydrogen-bond acceptors (Lipinski definition) is 4. The minimum absolute atomic E-state index is 0.0279. The summed E-state index contributed by atoms with van der Waals surface area (Å²) < 4.78 is 5.21. The fraction of sp³-hybridized carbons (Fsp3) is 0.105. The number of aromatic nitrogens is 2. The first-order valence-electron chi connectivity index (χ1n) is 7.60. The van der Waals surface area contributed by atoms with E-state index in [0.717, 1.165) is 27.5 Å². The van der Waals surface area contributed by atoms with Gasteiger partial charge in [-0.2, -0.15) is 0 Å². The third-order valence-electron chi connectivity index (χ3n) is 4.12. The number of H-pyrrole nitrogens is 1. The number of ketones is 1. The third-order valence-corrected chi connectivity index (χ3v) is 4.12. The summed E-state index contributed by atoms with van der Waals surface area (Å²) in [5.41, 5.74) is 4.08. The van der Waals surface area contributed by atoms with Gasteiger partial charge in [-0.05, 0) is 36.2 Å². The van der Waals surface area contributed by atoms with E-state index in [1.165, 1.54) is 6.07 Å². The number of hydrogen-bond donors (Lipinski definition) is 1. The summed E-state index contributed by atoms with van der Waals surface area (Å²) >= 11 is 0. The fourth-order valence-corrected chi connectivity index (χ4v) is 2.88. The van der Waals surface area contributed by atoms with Gasteiger partial charge in [0.15, 0.2) is 5.78 Å². The zero-order valence-electron chi connectivity index (χ0n) is 13.0. The highest BCUT2D eigenvalue weighted by atomic mass is 16.4. The monoisotopic (exact) mass is 318 g/mol. The quantitative estimate of drug-likeness (QED) is 0.464. The molecule has 0 atom stereocenters. The molecule has 118 valence electrons. The molecule has 0 aliphatic heterocycles. The highest BCUT2D eigenvalue weighted by molar-refractivity contribution is 6.00. The lowest BCUT2D eigenvalue weighted by atomic mass is 10.0. The molecule has 5 heteroatoms. The fourth-order valence-electron chi connectivity index (χ4n) is 2.88. The molecule has 2 aromatic heterocycles. The van der Waals surface area contributed by atoms with Gasteiger partial charge in [0.25, 0.3) is 0 Å². The molecule has 0 aliphatic rings. The molecule has 0 radical (unpaired) electrons. The van der Waals surface area contributed by atoms with Crippen molar-refractivity contribution in [1.82, 2.24) is 9.97 Å². The van der Waals surface area contributed by atoms with Crippen LogP contribution in [0.3, 0.4) is 0 Å². The Balaban J connectivity index is 1.68. The first kappa shape index (κ1) is 14.4. The molecule has 0 fully saturated rings. The Hall–Kier alpha value is -3.21. The lowest BCUT2D eigenvalue weighted by Gasteiger charge is -2.05. The van der Waals surface area contributed by atoms with Crippen LogP contribution in [-0.2, 0) is 6.42 Å². The molecule has 0 aliphatic carbocycles. The second-order valence-corrected chi connectivity index (χ2v) is 5.81. The van der Waals surface area contributed by atoms with Crippen molar-refractivity contribution < 1.29 is 9.21 Å². The van der Waals surface area contributed by atoms with Crippen LogP contribution in [0, 0.1) is 6.92 Å². The van der Waals surface area contributed by atoms with Crippen molar-refractivity contribution in [3.63, 3.8) is 0 Å². The third kappa shape index (κ3) is 2.50. The maximum absolute atomic E-state index is 12.6. The van der Waals surface area contributed by atoms with Crippen LogP contribution in [0.2, 0.25) is 0 Å². The Morgan fingerprint density at radius 1 is 1.17 bits per heavy atom. The van der Waals surface area contributed by atoms with E-state index in [2.05, 4.69) is 9.97 Å². The summed E-state index contributed by atoms with van der Waals surface area (Å²) in [7, 11) is 0. The van der Waals surface area contributed by atoms with E-state index >= 15 is 0 Å². The standard InChI is InChI=1S/C19H14N2O3/c1-11-6-19(23)24-18-9-13(3-4-14(11)18)17(22)8-12-2-5-15-16(7-12)21-10-20-15/h2-7,9-10H,8H2,1H3,(H,20,21). The highest BCUT2D eigenvalue weighted by Crippen LogP contribution is 2.20. The number of nitrogens with one attached hydrogen (secondary N) is 1. The molecule has 4 rings (SSSR count). The van der Waals surface area contributed by atoms with E-state index in [-0.39, 0.29) is 12.2 Å². The number of rotatable bonds is 3. The summed E-state index contributed by atoms with van der Waals surface area (Å²) in [4.78, 5) is 31.3. The van der Waals surface area contributed by atoms with Gasteiger partial charge in [0.1, 0.15) is 5.58 Å². The van der Waals surface area contributed by atoms with Crippen molar-refractivity contribution in [2.24, 2.45) is 0 Å². The van der Waals surface area contributed by atoms with Crippen LogP contribution >= 0.6 is 0 Å². The Morgan fingerprint density at radius 3 is 2.92 bits per heavy atom. The maximum Gasteiger partial charge on any atom is 0.336 e. The zero-order valence-corrected chi connectivity index (χ0v) is 13.0. The summed E-state index contributed by atoms with van der Waals surface area (Å²) in [6.45, 7) is 1.85. The topological polar surface area (TPSA) is 76.0 Å². The van der Waals surface area contributed by atoms with Gasteiger partial charge in [-0.15, -0.1) is 0 Å². The predicted molar refractivity (Wildman–Crippen MR) is 91.3 cm³/mol. The van der Waals surface area contributed by atoms with E-state index in [0.29, 0.717) is 11.1 Å². The summed E-state index contributed by atoms with van der Waals surface area (Å²) in [6, 6.07) is 12.4. The van der Waals surface area contributed by atoms with Gasteiger partial charge in [0.05, 0.1) is 17.4 Å². The van der Waals surface area contributed by atoms with Crippen LogP contribution in [0.4, 0.5) is 0 Å². The number of nitrogens with zero attached hydrogens (tertiary/aromatic N) is 1. The molecular weight excluding hydrogens is 304 g/mol. The minimum atomic E-state index is -0.408. The zero-order chi connectivity index (χ0) is 16.7. The van der Waals surface area contributed by atoms with Crippen LogP contribution in [0.15, 0.2) is 58.0 Å². The highest BCUT2D eigenvalue weighted by Gasteiger charge is 2.11. The molecular formula is C19H14N2O3. The molecule has 5 nitrogen and oxygen atoms in total. The van der Waals surface area contributed by atoms with Gasteiger partial charge >= 0.3 is 5.63 Å². The van der Waals surface area contributed by atoms with Gasteiger partial charge < -0.3 is 9.40 Å². The van der Waals surface area contributed by atoms with E-state index in [9.17, 15) is 9.59 Å². The summed E-state index contributed by atoms with van der Waals surface area (Å²) in [5.74, 6) is -0.0279. The SMILES string of the molecule is Cc1cc(=O)oc2cc(C(=O)Cc3ccc4nc[nH]c4c3)ccc12. The lowest BCUT2D eigenvalue weighted by Crippen LogP contribution is -2.04. The first-order valence-corrected chi connectivity index (χ1v) is 7.60. The summed E-state index contributed by atoms with van der Waals surface area (Å²) in [6.07, 6.45) is 1.90. The number of carbonyl (C=O) groups excluding carboxylic acids is 1. The van der Waals surface area contributed by atoms with E-state index in [1.807, 2.05) is 31.2 Å². The predicted octanol–water partition coefficient (Wildman–Crippen LogP) is 3.40. The Kier molecular flexibility index (Phi) is 3.27.